The number of nitrogens with zero attached hydrogens (tertiary/aromatic N) is 1. The highest BCUT2D eigenvalue weighted by Crippen LogP contribution is 2.27. The molecule has 0 fully saturated rings. The zero-order valence-electron chi connectivity index (χ0n) is 10.7. The van der Waals surface area contributed by atoms with Gasteiger partial charge in [0.25, 0.3) is 5.69 Å². The molecule has 0 aliphatic rings. The van der Waals surface area contributed by atoms with Crippen LogP contribution in [0.15, 0.2) is 48.5 Å². The molecule has 0 aliphatic carbocycles. The third kappa shape index (κ3) is 3.30. The number of carbonyl (C=O) groups is 1. The predicted octanol–water partition coefficient (Wildman–Crippen LogP) is 3.36. The molecule has 0 amide bonds. The molecule has 5 nitrogen and oxygen atoms in total. The van der Waals surface area contributed by atoms with Crippen molar-refractivity contribution in [2.45, 2.75) is 0 Å². The van der Waals surface area contributed by atoms with Crippen LogP contribution in [-0.2, 0) is 4.79 Å². The summed E-state index contributed by atoms with van der Waals surface area (Å²) in [4.78, 5) is 21.7. The minimum absolute atomic E-state index is 0.000625. The Kier molecular flexibility index (Phi) is 4.08. The van der Waals surface area contributed by atoms with E-state index in [0.717, 1.165) is 0 Å². The van der Waals surface area contributed by atoms with Crippen molar-refractivity contribution in [3.05, 3.63) is 75.6 Å². The molecule has 106 valence electrons. The lowest BCUT2D eigenvalue weighted by Crippen LogP contribution is -2.03. The first-order valence-corrected chi connectivity index (χ1v) is 5.93. The smallest absolute Gasteiger partial charge is 0.336 e. The number of carboxylic acid groups (broad SMARTS) is 1. The second-order valence-electron chi connectivity index (χ2n) is 4.19. The Balaban J connectivity index is 2.57. The van der Waals surface area contributed by atoms with E-state index in [1.165, 1.54) is 54.6 Å². The van der Waals surface area contributed by atoms with Gasteiger partial charge in [0, 0.05) is 6.07 Å². The molecule has 6 heteroatoms. The van der Waals surface area contributed by atoms with Crippen molar-refractivity contribution >= 4 is 23.3 Å². The number of rotatable bonds is 4. The number of nitro groups is 1. The lowest BCUT2D eigenvalue weighted by Gasteiger charge is -2.04. The normalized spacial score (nSPS) is 11.2. The maximum absolute atomic E-state index is 12.8. The summed E-state index contributed by atoms with van der Waals surface area (Å²) in [5, 5.41) is 20.3. The lowest BCUT2D eigenvalue weighted by atomic mass is 10.0. The number of carboxylic acids is 1. The number of para-hydroxylation sites is 1. The van der Waals surface area contributed by atoms with Crippen molar-refractivity contribution in [3.63, 3.8) is 0 Å². The van der Waals surface area contributed by atoms with Crippen LogP contribution in [0, 0.1) is 15.9 Å². The topological polar surface area (TPSA) is 80.4 Å². The van der Waals surface area contributed by atoms with Crippen molar-refractivity contribution in [2.24, 2.45) is 0 Å². The van der Waals surface area contributed by atoms with Crippen LogP contribution in [0.1, 0.15) is 11.1 Å². The standard InChI is InChI=1S/C15H10FNO4/c16-11-7-5-10(6-8-11)9-13(15(18)19)12-3-1-2-4-14(12)17(20)21/h1-9H,(H,18,19)/b13-9-. The molecular formula is C15H10FNO4. The fraction of sp³-hybridized carbons (Fsp3) is 0. The van der Waals surface area contributed by atoms with Gasteiger partial charge in [-0.15, -0.1) is 0 Å². The molecule has 2 aromatic rings. The highest BCUT2D eigenvalue weighted by molar-refractivity contribution is 6.21. The molecule has 0 radical (unpaired) electrons. The van der Waals surface area contributed by atoms with E-state index in [-0.39, 0.29) is 16.8 Å². The van der Waals surface area contributed by atoms with Crippen LogP contribution < -0.4 is 0 Å². The van der Waals surface area contributed by atoms with Crippen LogP contribution in [0.3, 0.4) is 0 Å². The van der Waals surface area contributed by atoms with Gasteiger partial charge in [-0.1, -0.05) is 24.3 Å². The van der Waals surface area contributed by atoms with Gasteiger partial charge in [0.15, 0.2) is 0 Å². The van der Waals surface area contributed by atoms with Gasteiger partial charge >= 0.3 is 5.97 Å². The van der Waals surface area contributed by atoms with Gasteiger partial charge in [-0.05, 0) is 29.8 Å². The summed E-state index contributed by atoms with van der Waals surface area (Å²) in [7, 11) is 0. The monoisotopic (exact) mass is 287 g/mol. The van der Waals surface area contributed by atoms with Crippen LogP contribution in [0.25, 0.3) is 11.6 Å². The fourth-order valence-electron chi connectivity index (χ4n) is 1.84. The van der Waals surface area contributed by atoms with Gasteiger partial charge in [-0.2, -0.15) is 0 Å². The number of hydrogen-bond acceptors (Lipinski definition) is 3. The lowest BCUT2D eigenvalue weighted by molar-refractivity contribution is -0.385. The summed E-state index contributed by atoms with van der Waals surface area (Å²) in [6, 6.07) is 10.7. The fourth-order valence-corrected chi connectivity index (χ4v) is 1.84. The second-order valence-corrected chi connectivity index (χ2v) is 4.19. The summed E-state index contributed by atoms with van der Waals surface area (Å²) in [6.07, 6.45) is 1.27. The van der Waals surface area contributed by atoms with E-state index in [9.17, 15) is 24.4 Å². The number of benzene rings is 2. The second kappa shape index (κ2) is 5.96. The maximum Gasteiger partial charge on any atom is 0.336 e. The van der Waals surface area contributed by atoms with Crippen molar-refractivity contribution in [2.75, 3.05) is 0 Å². The van der Waals surface area contributed by atoms with Crippen LogP contribution in [0.4, 0.5) is 10.1 Å². The molecule has 0 aliphatic heterocycles. The van der Waals surface area contributed by atoms with E-state index in [1.54, 1.807) is 0 Å². The van der Waals surface area contributed by atoms with Crippen molar-refractivity contribution in [3.8, 4) is 0 Å². The Morgan fingerprint density at radius 1 is 1.14 bits per heavy atom. The van der Waals surface area contributed by atoms with Crippen LogP contribution in [0.2, 0.25) is 0 Å². The Morgan fingerprint density at radius 2 is 1.76 bits per heavy atom. The molecule has 2 aromatic carbocycles. The Labute approximate surface area is 119 Å². The first-order valence-electron chi connectivity index (χ1n) is 5.93. The van der Waals surface area contributed by atoms with Gasteiger partial charge in [0.2, 0.25) is 0 Å². The first kappa shape index (κ1) is 14.4. The van der Waals surface area contributed by atoms with Crippen molar-refractivity contribution < 1.29 is 19.2 Å². The Bertz CT molecular complexity index is 723. The molecule has 0 aromatic heterocycles. The van der Waals surface area contributed by atoms with Crippen LogP contribution >= 0.6 is 0 Å². The summed E-state index contributed by atoms with van der Waals surface area (Å²) in [6.45, 7) is 0. The van der Waals surface area contributed by atoms with E-state index in [2.05, 4.69) is 0 Å². The summed E-state index contributed by atoms with van der Waals surface area (Å²) in [5.41, 5.74) is -0.0894. The molecule has 1 N–H and O–H groups in total. The van der Waals surface area contributed by atoms with E-state index >= 15 is 0 Å². The molecule has 2 rings (SSSR count). The van der Waals surface area contributed by atoms with E-state index in [0.29, 0.717) is 5.56 Å². The van der Waals surface area contributed by atoms with Crippen molar-refractivity contribution in [1.82, 2.24) is 0 Å². The quantitative estimate of drug-likeness (QED) is 0.404. The summed E-state index contributed by atoms with van der Waals surface area (Å²) in [5.74, 6) is -1.75. The minimum atomic E-state index is -1.30. The van der Waals surface area contributed by atoms with Crippen LogP contribution in [-0.4, -0.2) is 16.0 Å². The largest absolute Gasteiger partial charge is 0.478 e. The van der Waals surface area contributed by atoms with E-state index in [4.69, 9.17) is 0 Å². The van der Waals surface area contributed by atoms with Crippen molar-refractivity contribution in [1.29, 1.82) is 0 Å². The Hall–Kier alpha value is -3.02. The minimum Gasteiger partial charge on any atom is -0.478 e. The average Bonchev–Trinajstić information content (AvgIpc) is 2.46. The zero-order chi connectivity index (χ0) is 15.4. The predicted molar refractivity (Wildman–Crippen MR) is 75.0 cm³/mol. The number of hydrogen-bond donors (Lipinski definition) is 1. The van der Waals surface area contributed by atoms with Gasteiger partial charge in [0.05, 0.1) is 16.1 Å². The molecule has 0 atom stereocenters. The molecule has 0 heterocycles. The van der Waals surface area contributed by atoms with E-state index < -0.39 is 16.7 Å². The molecule has 0 unspecified atom stereocenters. The SMILES string of the molecule is O=C(O)/C(=C\c1ccc(F)cc1)c1ccccc1[N+](=O)[O-]. The number of nitro benzene ring substituents is 1. The molecule has 0 bridgehead atoms. The third-order valence-electron chi connectivity index (χ3n) is 2.80. The molecule has 0 saturated carbocycles. The van der Waals surface area contributed by atoms with Gasteiger partial charge in [-0.25, -0.2) is 9.18 Å². The number of halogens is 1. The maximum atomic E-state index is 12.8. The Morgan fingerprint density at radius 3 is 2.33 bits per heavy atom. The molecule has 0 saturated heterocycles. The van der Waals surface area contributed by atoms with Gasteiger partial charge < -0.3 is 5.11 Å². The van der Waals surface area contributed by atoms with Gasteiger partial charge in [-0.3, -0.25) is 10.1 Å². The highest BCUT2D eigenvalue weighted by atomic mass is 19.1. The average molecular weight is 287 g/mol. The summed E-state index contributed by atoms with van der Waals surface area (Å²) < 4.78 is 12.8. The number of aliphatic carboxylic acids is 1. The summed E-state index contributed by atoms with van der Waals surface area (Å²) >= 11 is 0. The first-order chi connectivity index (χ1) is 9.99. The highest BCUT2D eigenvalue weighted by Gasteiger charge is 2.20. The molecule has 0 spiro atoms. The molecule has 21 heavy (non-hydrogen) atoms. The van der Waals surface area contributed by atoms with E-state index in [1.807, 2.05) is 0 Å². The molecular weight excluding hydrogens is 277 g/mol. The van der Waals surface area contributed by atoms with Gasteiger partial charge in [0.1, 0.15) is 5.82 Å². The third-order valence-corrected chi connectivity index (χ3v) is 2.80. The zero-order valence-corrected chi connectivity index (χ0v) is 10.7. The van der Waals surface area contributed by atoms with Crippen LogP contribution in [0.5, 0.6) is 0 Å².